The van der Waals surface area contributed by atoms with Gasteiger partial charge >= 0.3 is 6.29 Å². The molecule has 3 aromatic rings. The monoisotopic (exact) mass is 415 g/mol. The fourth-order valence-electron chi connectivity index (χ4n) is 3.60. The summed E-state index contributed by atoms with van der Waals surface area (Å²) in [6.07, 6.45) is -2.06. The molecule has 156 valence electrons. The van der Waals surface area contributed by atoms with Crippen molar-refractivity contribution in [3.05, 3.63) is 60.4 Å². The normalized spacial score (nSPS) is 17.9. The molecule has 0 spiro atoms. The minimum Gasteiger partial charge on any atom is -0.457 e. The van der Waals surface area contributed by atoms with Crippen LogP contribution in [0.1, 0.15) is 5.56 Å². The number of anilines is 1. The van der Waals surface area contributed by atoms with Crippen molar-refractivity contribution in [3.8, 4) is 23.0 Å². The Hall–Kier alpha value is -3.33. The van der Waals surface area contributed by atoms with Gasteiger partial charge in [0.05, 0.1) is 0 Å². The number of nitrogens with zero attached hydrogens (tertiary/aromatic N) is 3. The second kappa shape index (κ2) is 7.49. The van der Waals surface area contributed by atoms with Gasteiger partial charge in [-0.1, -0.05) is 17.3 Å². The molecule has 5 rings (SSSR count). The van der Waals surface area contributed by atoms with Crippen molar-refractivity contribution >= 4 is 5.82 Å². The van der Waals surface area contributed by atoms with E-state index in [0.717, 1.165) is 44.1 Å². The lowest BCUT2D eigenvalue weighted by molar-refractivity contribution is -0.286. The van der Waals surface area contributed by atoms with Crippen LogP contribution >= 0.6 is 0 Å². The molecule has 1 fully saturated rings. The van der Waals surface area contributed by atoms with Gasteiger partial charge in [0.1, 0.15) is 17.8 Å². The summed E-state index contributed by atoms with van der Waals surface area (Å²) in [7, 11) is 0. The molecular weight excluding hydrogens is 396 g/mol. The maximum absolute atomic E-state index is 13.2. The van der Waals surface area contributed by atoms with Gasteiger partial charge in [-0.15, -0.1) is 8.78 Å². The quantitative estimate of drug-likeness (QED) is 0.622. The summed E-state index contributed by atoms with van der Waals surface area (Å²) in [5, 5.41) is 3.99. The van der Waals surface area contributed by atoms with Gasteiger partial charge in [0.2, 0.25) is 0 Å². The summed E-state index contributed by atoms with van der Waals surface area (Å²) < 4.78 is 46.0. The van der Waals surface area contributed by atoms with Crippen LogP contribution in [0.2, 0.25) is 0 Å². The van der Waals surface area contributed by atoms with E-state index in [1.807, 2.05) is 30.3 Å². The number of hydrogen-bond acceptors (Lipinski definition) is 7. The van der Waals surface area contributed by atoms with Crippen molar-refractivity contribution < 1.29 is 27.5 Å². The second-order valence-corrected chi connectivity index (χ2v) is 7.15. The van der Waals surface area contributed by atoms with Crippen LogP contribution in [0, 0.1) is 0 Å². The zero-order valence-electron chi connectivity index (χ0n) is 16.0. The molecule has 2 aliphatic rings. The number of ether oxygens (including phenoxy) is 3. The lowest BCUT2D eigenvalue weighted by atomic mass is 10.2. The van der Waals surface area contributed by atoms with Crippen LogP contribution in [0.5, 0.6) is 23.0 Å². The Kier molecular flexibility index (Phi) is 4.66. The highest BCUT2D eigenvalue weighted by molar-refractivity contribution is 5.48. The van der Waals surface area contributed by atoms with Crippen molar-refractivity contribution in [2.75, 3.05) is 31.1 Å². The van der Waals surface area contributed by atoms with Gasteiger partial charge in [0, 0.05) is 44.9 Å². The smallest absolute Gasteiger partial charge is 0.457 e. The highest BCUT2D eigenvalue weighted by Gasteiger charge is 2.43. The molecule has 0 aliphatic carbocycles. The first-order valence-electron chi connectivity index (χ1n) is 9.58. The van der Waals surface area contributed by atoms with Crippen molar-refractivity contribution in [2.45, 2.75) is 12.8 Å². The number of benzene rings is 2. The standard InChI is InChI=1S/C21H19F2N3O4/c22-21(23)29-18-5-4-17(13-19(18)30-21)28-16-3-1-2-15(12-16)14-25-7-9-26(10-8-25)20-6-11-27-24-20/h1-6,11-13H,7-10,14H2. The fraction of sp³-hybridized carbons (Fsp3) is 0.286. The third-order valence-corrected chi connectivity index (χ3v) is 5.03. The van der Waals surface area contributed by atoms with Crippen LogP contribution in [0.15, 0.2) is 59.3 Å². The number of alkyl halides is 2. The first kappa shape index (κ1) is 18.7. The average molecular weight is 415 g/mol. The predicted molar refractivity (Wildman–Crippen MR) is 103 cm³/mol. The number of rotatable bonds is 5. The summed E-state index contributed by atoms with van der Waals surface area (Å²) in [6, 6.07) is 14.0. The van der Waals surface area contributed by atoms with Crippen LogP contribution in [0.3, 0.4) is 0 Å². The summed E-state index contributed by atoms with van der Waals surface area (Å²) in [5.41, 5.74) is 1.11. The first-order valence-corrected chi connectivity index (χ1v) is 9.58. The van der Waals surface area contributed by atoms with Crippen molar-refractivity contribution in [3.63, 3.8) is 0 Å². The van der Waals surface area contributed by atoms with Gasteiger partial charge in [-0.05, 0) is 29.8 Å². The van der Waals surface area contributed by atoms with E-state index in [2.05, 4.69) is 24.4 Å². The van der Waals surface area contributed by atoms with Gasteiger partial charge in [0.25, 0.3) is 0 Å². The molecule has 0 bridgehead atoms. The number of fused-ring (bicyclic) bond motifs is 1. The fourth-order valence-corrected chi connectivity index (χ4v) is 3.60. The highest BCUT2D eigenvalue weighted by atomic mass is 19.3. The summed E-state index contributed by atoms with van der Waals surface area (Å²) in [4.78, 5) is 4.56. The van der Waals surface area contributed by atoms with Crippen LogP contribution in [0.25, 0.3) is 0 Å². The van der Waals surface area contributed by atoms with Crippen molar-refractivity contribution in [2.24, 2.45) is 0 Å². The number of hydrogen-bond donors (Lipinski definition) is 0. The van der Waals surface area contributed by atoms with Gasteiger partial charge < -0.3 is 23.6 Å². The molecule has 9 heteroatoms. The summed E-state index contributed by atoms with van der Waals surface area (Å²) in [6.45, 7) is 4.37. The Bertz CT molecular complexity index is 1020. The van der Waals surface area contributed by atoms with E-state index in [4.69, 9.17) is 9.26 Å². The molecule has 7 nitrogen and oxygen atoms in total. The van der Waals surface area contributed by atoms with E-state index in [1.165, 1.54) is 12.1 Å². The number of halogens is 2. The number of piperazine rings is 1. The zero-order chi connectivity index (χ0) is 20.6. The third kappa shape index (κ3) is 4.02. The first-order chi connectivity index (χ1) is 14.5. The lowest BCUT2D eigenvalue weighted by Gasteiger charge is -2.34. The van der Waals surface area contributed by atoms with Crippen molar-refractivity contribution in [1.29, 1.82) is 0 Å². The van der Waals surface area contributed by atoms with Gasteiger partial charge in [-0.2, -0.15) is 0 Å². The van der Waals surface area contributed by atoms with E-state index < -0.39 is 6.29 Å². The van der Waals surface area contributed by atoms with Gasteiger partial charge in [-0.3, -0.25) is 4.90 Å². The van der Waals surface area contributed by atoms with Crippen LogP contribution < -0.4 is 19.1 Å². The Morgan fingerprint density at radius 3 is 2.53 bits per heavy atom. The molecule has 30 heavy (non-hydrogen) atoms. The third-order valence-electron chi connectivity index (χ3n) is 5.03. The highest BCUT2D eigenvalue weighted by Crippen LogP contribution is 2.43. The molecule has 0 saturated carbocycles. The minimum absolute atomic E-state index is 0.00846. The van der Waals surface area contributed by atoms with E-state index in [0.29, 0.717) is 11.5 Å². The minimum atomic E-state index is -3.64. The molecule has 3 heterocycles. The predicted octanol–water partition coefficient (Wildman–Crippen LogP) is 4.11. The molecule has 0 radical (unpaired) electrons. The average Bonchev–Trinajstić information content (AvgIpc) is 3.35. The summed E-state index contributed by atoms with van der Waals surface area (Å²) in [5.74, 6) is 1.84. The largest absolute Gasteiger partial charge is 0.586 e. The summed E-state index contributed by atoms with van der Waals surface area (Å²) >= 11 is 0. The van der Waals surface area contributed by atoms with Crippen LogP contribution in [-0.4, -0.2) is 42.5 Å². The van der Waals surface area contributed by atoms with Gasteiger partial charge in [-0.25, -0.2) is 0 Å². The van der Waals surface area contributed by atoms with Crippen molar-refractivity contribution in [1.82, 2.24) is 10.1 Å². The Labute approximate surface area is 171 Å². The molecule has 0 unspecified atom stereocenters. The number of aromatic nitrogens is 1. The SMILES string of the molecule is FC1(F)Oc2ccc(Oc3cccc(CN4CCN(c5ccon5)CC4)c3)cc2O1. The molecule has 0 N–H and O–H groups in total. The molecule has 0 amide bonds. The molecule has 0 atom stereocenters. The lowest BCUT2D eigenvalue weighted by Crippen LogP contribution is -2.46. The topological polar surface area (TPSA) is 60.2 Å². The Morgan fingerprint density at radius 1 is 0.933 bits per heavy atom. The Morgan fingerprint density at radius 2 is 1.73 bits per heavy atom. The molecule has 2 aliphatic heterocycles. The van der Waals surface area contributed by atoms with Gasteiger partial charge in [0.15, 0.2) is 17.3 Å². The molecule has 1 saturated heterocycles. The Balaban J connectivity index is 1.20. The second-order valence-electron chi connectivity index (χ2n) is 7.15. The van der Waals surface area contributed by atoms with Crippen LogP contribution in [-0.2, 0) is 6.54 Å². The molecular formula is C21H19F2N3O4. The van der Waals surface area contributed by atoms with Crippen LogP contribution in [0.4, 0.5) is 14.6 Å². The molecule has 2 aromatic carbocycles. The van der Waals surface area contributed by atoms with E-state index in [9.17, 15) is 8.78 Å². The van der Waals surface area contributed by atoms with E-state index in [1.54, 1.807) is 12.3 Å². The van der Waals surface area contributed by atoms with E-state index >= 15 is 0 Å². The molecule has 1 aromatic heterocycles. The van der Waals surface area contributed by atoms with E-state index in [-0.39, 0.29) is 11.5 Å². The maximum atomic E-state index is 13.2. The maximum Gasteiger partial charge on any atom is 0.586 e. The zero-order valence-corrected chi connectivity index (χ0v) is 16.0.